The fraction of sp³-hybridized carbons (Fsp3) is 0.111. The number of aldehydes is 1. The molecule has 0 aromatic heterocycles. The summed E-state index contributed by atoms with van der Waals surface area (Å²) in [7, 11) is 0. The van der Waals surface area contributed by atoms with Crippen LogP contribution in [0.15, 0.2) is 18.2 Å². The SMILES string of the molecule is O=Cc1ccc2c(c1)CNC(=S)N2. The van der Waals surface area contributed by atoms with Crippen LogP contribution in [0, 0.1) is 0 Å². The quantitative estimate of drug-likeness (QED) is 0.520. The molecular formula is C9H8N2OS. The van der Waals surface area contributed by atoms with Gasteiger partial charge in [0.1, 0.15) is 6.29 Å². The Balaban J connectivity index is 2.42. The Bertz CT molecular complexity index is 376. The van der Waals surface area contributed by atoms with Gasteiger partial charge in [-0.1, -0.05) is 0 Å². The molecule has 0 atom stereocenters. The van der Waals surface area contributed by atoms with Crippen LogP contribution in [0.3, 0.4) is 0 Å². The van der Waals surface area contributed by atoms with Crippen LogP contribution in [-0.4, -0.2) is 11.4 Å². The summed E-state index contributed by atoms with van der Waals surface area (Å²) in [6.45, 7) is 0.683. The van der Waals surface area contributed by atoms with Crippen LogP contribution in [0.1, 0.15) is 15.9 Å². The normalized spacial score (nSPS) is 14.0. The number of nitrogens with one attached hydrogen (secondary N) is 2. The van der Waals surface area contributed by atoms with Crippen molar-refractivity contribution in [2.24, 2.45) is 0 Å². The summed E-state index contributed by atoms with van der Waals surface area (Å²) in [6.07, 6.45) is 0.840. The molecule has 0 bridgehead atoms. The smallest absolute Gasteiger partial charge is 0.171 e. The molecular weight excluding hydrogens is 184 g/mol. The third-order valence-electron chi connectivity index (χ3n) is 1.95. The molecule has 0 saturated heterocycles. The lowest BCUT2D eigenvalue weighted by Gasteiger charge is -2.20. The van der Waals surface area contributed by atoms with Crippen LogP contribution >= 0.6 is 12.2 Å². The summed E-state index contributed by atoms with van der Waals surface area (Å²) in [5.41, 5.74) is 2.74. The van der Waals surface area contributed by atoms with Crippen molar-refractivity contribution in [3.8, 4) is 0 Å². The molecule has 4 heteroatoms. The molecule has 1 aromatic carbocycles. The van der Waals surface area contributed by atoms with E-state index in [2.05, 4.69) is 10.6 Å². The van der Waals surface area contributed by atoms with Crippen LogP contribution in [0.2, 0.25) is 0 Å². The zero-order valence-corrected chi connectivity index (χ0v) is 7.65. The van der Waals surface area contributed by atoms with Crippen LogP contribution in [0.5, 0.6) is 0 Å². The van der Waals surface area contributed by atoms with Gasteiger partial charge in [-0.15, -0.1) is 0 Å². The van der Waals surface area contributed by atoms with Crippen LogP contribution < -0.4 is 10.6 Å². The van der Waals surface area contributed by atoms with Crippen molar-refractivity contribution in [3.63, 3.8) is 0 Å². The highest BCUT2D eigenvalue weighted by Gasteiger charge is 2.10. The number of anilines is 1. The van der Waals surface area contributed by atoms with Gasteiger partial charge in [0, 0.05) is 17.8 Å². The first kappa shape index (κ1) is 8.19. The van der Waals surface area contributed by atoms with E-state index in [1.165, 1.54) is 0 Å². The Labute approximate surface area is 81.1 Å². The zero-order valence-electron chi connectivity index (χ0n) is 6.83. The van der Waals surface area contributed by atoms with E-state index in [9.17, 15) is 4.79 Å². The zero-order chi connectivity index (χ0) is 9.26. The highest BCUT2D eigenvalue weighted by atomic mass is 32.1. The second-order valence-electron chi connectivity index (χ2n) is 2.84. The molecule has 1 aromatic rings. The van der Waals surface area contributed by atoms with Crippen LogP contribution in [-0.2, 0) is 6.54 Å². The van der Waals surface area contributed by atoms with E-state index in [0.717, 1.165) is 17.5 Å². The average Bonchev–Trinajstić information content (AvgIpc) is 2.17. The van der Waals surface area contributed by atoms with E-state index in [4.69, 9.17) is 12.2 Å². The molecule has 1 aliphatic rings. The Hall–Kier alpha value is -1.42. The number of hydrogen-bond acceptors (Lipinski definition) is 2. The van der Waals surface area contributed by atoms with E-state index in [1.54, 1.807) is 6.07 Å². The summed E-state index contributed by atoms with van der Waals surface area (Å²) in [5, 5.41) is 6.64. The number of rotatable bonds is 1. The van der Waals surface area contributed by atoms with E-state index < -0.39 is 0 Å². The van der Waals surface area contributed by atoms with E-state index in [1.807, 2.05) is 12.1 Å². The molecule has 1 aliphatic heterocycles. The Morgan fingerprint density at radius 2 is 2.31 bits per heavy atom. The van der Waals surface area contributed by atoms with E-state index in [0.29, 0.717) is 17.2 Å². The van der Waals surface area contributed by atoms with Crippen molar-refractivity contribution in [2.75, 3.05) is 5.32 Å². The number of carbonyl (C=O) groups excluding carboxylic acids is 1. The summed E-state index contributed by atoms with van der Waals surface area (Å²) < 4.78 is 0. The molecule has 66 valence electrons. The lowest BCUT2D eigenvalue weighted by molar-refractivity contribution is 0.112. The first-order chi connectivity index (χ1) is 6.29. The molecule has 3 nitrogen and oxygen atoms in total. The van der Waals surface area contributed by atoms with Gasteiger partial charge in [-0.2, -0.15) is 0 Å². The lowest BCUT2D eigenvalue weighted by Crippen LogP contribution is -2.33. The minimum absolute atomic E-state index is 0.631. The van der Waals surface area contributed by atoms with Gasteiger partial charge in [-0.05, 0) is 36.0 Å². The fourth-order valence-corrected chi connectivity index (χ4v) is 1.48. The van der Waals surface area contributed by atoms with Gasteiger partial charge in [0.15, 0.2) is 5.11 Å². The fourth-order valence-electron chi connectivity index (χ4n) is 1.30. The molecule has 0 amide bonds. The lowest BCUT2D eigenvalue weighted by atomic mass is 10.1. The minimum Gasteiger partial charge on any atom is -0.358 e. The largest absolute Gasteiger partial charge is 0.358 e. The maximum absolute atomic E-state index is 10.5. The highest BCUT2D eigenvalue weighted by Crippen LogP contribution is 2.19. The predicted octanol–water partition coefficient (Wildman–Crippen LogP) is 1.30. The van der Waals surface area contributed by atoms with Gasteiger partial charge < -0.3 is 10.6 Å². The Morgan fingerprint density at radius 1 is 1.46 bits per heavy atom. The Kier molecular flexibility index (Phi) is 1.98. The van der Waals surface area contributed by atoms with Crippen molar-refractivity contribution in [2.45, 2.75) is 6.54 Å². The minimum atomic E-state index is 0.631. The number of hydrogen-bond donors (Lipinski definition) is 2. The van der Waals surface area contributed by atoms with Gasteiger partial charge in [-0.3, -0.25) is 4.79 Å². The number of thiocarbonyl (C=S) groups is 1. The van der Waals surface area contributed by atoms with Crippen LogP contribution in [0.4, 0.5) is 5.69 Å². The summed E-state index contributed by atoms with van der Waals surface area (Å²) >= 11 is 4.95. The number of carbonyl (C=O) groups is 1. The molecule has 0 aliphatic carbocycles. The number of benzene rings is 1. The van der Waals surface area contributed by atoms with E-state index >= 15 is 0 Å². The first-order valence-corrected chi connectivity index (χ1v) is 4.33. The van der Waals surface area contributed by atoms with Crippen molar-refractivity contribution in [1.29, 1.82) is 0 Å². The van der Waals surface area contributed by atoms with Gasteiger partial charge in [0.25, 0.3) is 0 Å². The maximum atomic E-state index is 10.5. The van der Waals surface area contributed by atoms with Crippen molar-refractivity contribution >= 4 is 29.3 Å². The average molecular weight is 192 g/mol. The third-order valence-corrected chi connectivity index (χ3v) is 2.20. The summed E-state index contributed by atoms with van der Waals surface area (Å²) in [4.78, 5) is 10.5. The number of fused-ring (bicyclic) bond motifs is 1. The standard InChI is InChI=1S/C9H8N2OS/c12-5-6-1-2-8-7(3-6)4-10-9(13)11-8/h1-3,5H,4H2,(H2,10,11,13). The van der Waals surface area contributed by atoms with Crippen LogP contribution in [0.25, 0.3) is 0 Å². The summed E-state index contributed by atoms with van der Waals surface area (Å²) in [6, 6.07) is 5.49. The van der Waals surface area contributed by atoms with Crippen molar-refractivity contribution in [3.05, 3.63) is 29.3 Å². The second kappa shape index (κ2) is 3.14. The van der Waals surface area contributed by atoms with Crippen molar-refractivity contribution < 1.29 is 4.79 Å². The molecule has 2 rings (SSSR count). The monoisotopic (exact) mass is 192 g/mol. The molecule has 0 fully saturated rings. The molecule has 1 heterocycles. The molecule has 13 heavy (non-hydrogen) atoms. The predicted molar refractivity (Wildman–Crippen MR) is 54.9 cm³/mol. The first-order valence-electron chi connectivity index (χ1n) is 3.92. The molecule has 0 radical (unpaired) electrons. The topological polar surface area (TPSA) is 41.1 Å². The second-order valence-corrected chi connectivity index (χ2v) is 3.25. The summed E-state index contributed by atoms with van der Waals surface area (Å²) in [5.74, 6) is 0. The maximum Gasteiger partial charge on any atom is 0.171 e. The van der Waals surface area contributed by atoms with Gasteiger partial charge >= 0.3 is 0 Å². The van der Waals surface area contributed by atoms with Gasteiger partial charge in [0.05, 0.1) is 0 Å². The molecule has 0 spiro atoms. The molecule has 0 unspecified atom stereocenters. The Morgan fingerprint density at radius 3 is 3.08 bits per heavy atom. The van der Waals surface area contributed by atoms with E-state index in [-0.39, 0.29) is 0 Å². The van der Waals surface area contributed by atoms with Crippen molar-refractivity contribution in [1.82, 2.24) is 5.32 Å². The van der Waals surface area contributed by atoms with Gasteiger partial charge in [-0.25, -0.2) is 0 Å². The molecule has 0 saturated carbocycles. The molecule has 2 N–H and O–H groups in total. The highest BCUT2D eigenvalue weighted by molar-refractivity contribution is 7.80. The third kappa shape index (κ3) is 1.53. The van der Waals surface area contributed by atoms with Gasteiger partial charge in [0.2, 0.25) is 0 Å².